The van der Waals surface area contributed by atoms with Crippen LogP contribution in [0.15, 0.2) is 47.8 Å². The summed E-state index contributed by atoms with van der Waals surface area (Å²) in [5, 5.41) is 8.25. The number of rotatable bonds is 5. The normalized spacial score (nSPS) is 17.6. The van der Waals surface area contributed by atoms with E-state index in [1.165, 1.54) is 16.9 Å². The number of carbonyl (C=O) groups is 2. The molecule has 4 rings (SSSR count). The van der Waals surface area contributed by atoms with Crippen LogP contribution in [0, 0.1) is 25.7 Å². The number of nitrogens with zero attached hydrogens (tertiary/aromatic N) is 1. The number of anilines is 2. The number of hydrogen-bond donors (Lipinski definition) is 2. The Bertz CT molecular complexity index is 1090. The van der Waals surface area contributed by atoms with Crippen molar-refractivity contribution in [1.82, 2.24) is 4.98 Å². The van der Waals surface area contributed by atoms with Crippen LogP contribution in [0.4, 0.5) is 10.8 Å². The van der Waals surface area contributed by atoms with Crippen LogP contribution in [-0.2, 0) is 4.79 Å². The summed E-state index contributed by atoms with van der Waals surface area (Å²) in [4.78, 5) is 29.3. The lowest BCUT2D eigenvalue weighted by Gasteiger charge is -2.07. The molecule has 1 aliphatic carbocycles. The van der Waals surface area contributed by atoms with Crippen LogP contribution in [0.25, 0.3) is 11.3 Å². The minimum Gasteiger partial charge on any atom is -0.326 e. The molecule has 29 heavy (non-hydrogen) atoms. The van der Waals surface area contributed by atoms with Gasteiger partial charge in [-0.1, -0.05) is 36.8 Å². The van der Waals surface area contributed by atoms with Crippen molar-refractivity contribution in [3.05, 3.63) is 64.5 Å². The third-order valence-electron chi connectivity index (χ3n) is 5.22. The Balaban J connectivity index is 1.45. The van der Waals surface area contributed by atoms with E-state index in [9.17, 15) is 9.59 Å². The van der Waals surface area contributed by atoms with E-state index in [0.29, 0.717) is 22.3 Å². The summed E-state index contributed by atoms with van der Waals surface area (Å²) in [6, 6.07) is 13.2. The van der Waals surface area contributed by atoms with E-state index in [1.54, 1.807) is 24.3 Å². The fraction of sp³-hybridized carbons (Fsp3) is 0.261. The van der Waals surface area contributed by atoms with E-state index in [1.807, 2.05) is 5.38 Å². The fourth-order valence-electron chi connectivity index (χ4n) is 3.39. The highest BCUT2D eigenvalue weighted by Crippen LogP contribution is 2.38. The highest BCUT2D eigenvalue weighted by molar-refractivity contribution is 7.14. The van der Waals surface area contributed by atoms with Gasteiger partial charge in [-0.15, -0.1) is 11.3 Å². The van der Waals surface area contributed by atoms with Crippen molar-refractivity contribution in [3.8, 4) is 11.3 Å². The maximum Gasteiger partial charge on any atom is 0.257 e. The van der Waals surface area contributed by atoms with Crippen LogP contribution >= 0.6 is 11.3 Å². The molecule has 1 saturated carbocycles. The van der Waals surface area contributed by atoms with Crippen molar-refractivity contribution < 1.29 is 9.59 Å². The van der Waals surface area contributed by atoms with Gasteiger partial charge in [0.05, 0.1) is 5.69 Å². The third-order valence-corrected chi connectivity index (χ3v) is 5.98. The lowest BCUT2D eigenvalue weighted by atomic mass is 10.0. The van der Waals surface area contributed by atoms with Gasteiger partial charge in [-0.25, -0.2) is 4.98 Å². The van der Waals surface area contributed by atoms with E-state index in [4.69, 9.17) is 0 Å². The molecule has 2 aromatic carbocycles. The smallest absolute Gasteiger partial charge is 0.257 e. The Morgan fingerprint density at radius 1 is 1.10 bits per heavy atom. The van der Waals surface area contributed by atoms with Crippen LogP contribution < -0.4 is 10.6 Å². The first-order chi connectivity index (χ1) is 13.9. The zero-order valence-electron chi connectivity index (χ0n) is 16.7. The zero-order chi connectivity index (χ0) is 20.5. The average molecular weight is 406 g/mol. The molecule has 1 aromatic heterocycles. The van der Waals surface area contributed by atoms with Crippen LogP contribution in [0.2, 0.25) is 0 Å². The van der Waals surface area contributed by atoms with E-state index in [0.717, 1.165) is 23.2 Å². The first-order valence-electron chi connectivity index (χ1n) is 9.66. The molecule has 0 radical (unpaired) electrons. The number of amides is 2. The largest absolute Gasteiger partial charge is 0.326 e. The maximum atomic E-state index is 12.7. The molecule has 2 atom stereocenters. The second kappa shape index (κ2) is 7.79. The van der Waals surface area contributed by atoms with Crippen LogP contribution in [0.1, 0.15) is 34.8 Å². The molecule has 148 valence electrons. The highest BCUT2D eigenvalue weighted by atomic mass is 32.1. The molecule has 2 unspecified atom stereocenters. The molecule has 0 aliphatic heterocycles. The molecule has 0 saturated heterocycles. The maximum absolute atomic E-state index is 12.7. The quantitative estimate of drug-likeness (QED) is 0.607. The molecule has 1 fully saturated rings. The molecule has 1 aliphatic rings. The fourth-order valence-corrected chi connectivity index (χ4v) is 4.09. The van der Waals surface area contributed by atoms with Crippen molar-refractivity contribution in [3.63, 3.8) is 0 Å². The first kappa shape index (κ1) is 19.3. The Morgan fingerprint density at radius 3 is 2.62 bits per heavy atom. The zero-order valence-corrected chi connectivity index (χ0v) is 17.5. The summed E-state index contributed by atoms with van der Waals surface area (Å²) in [6.45, 7) is 6.18. The van der Waals surface area contributed by atoms with Crippen LogP contribution in [0.5, 0.6) is 0 Å². The first-order valence-corrected chi connectivity index (χ1v) is 10.5. The van der Waals surface area contributed by atoms with Crippen LogP contribution in [-0.4, -0.2) is 16.8 Å². The van der Waals surface area contributed by atoms with Gasteiger partial charge in [0.1, 0.15) is 0 Å². The predicted molar refractivity (Wildman–Crippen MR) is 117 cm³/mol. The van der Waals surface area contributed by atoms with E-state index >= 15 is 0 Å². The lowest BCUT2D eigenvalue weighted by Crippen LogP contribution is -2.16. The Labute approximate surface area is 174 Å². The van der Waals surface area contributed by atoms with Crippen LogP contribution in [0.3, 0.4) is 0 Å². The number of nitrogens with one attached hydrogen (secondary N) is 2. The summed E-state index contributed by atoms with van der Waals surface area (Å²) >= 11 is 1.39. The minimum atomic E-state index is -0.248. The summed E-state index contributed by atoms with van der Waals surface area (Å²) in [5.74, 6) is 0.305. The van der Waals surface area contributed by atoms with Gasteiger partial charge in [0.25, 0.3) is 5.91 Å². The number of carbonyl (C=O) groups excluding carboxylic acids is 2. The van der Waals surface area contributed by atoms with E-state index < -0.39 is 0 Å². The Hall–Kier alpha value is -2.99. The number of aromatic nitrogens is 1. The molecule has 5 nitrogen and oxygen atoms in total. The Kier molecular flexibility index (Phi) is 5.20. The predicted octanol–water partition coefficient (Wildman–Crippen LogP) is 5.27. The summed E-state index contributed by atoms with van der Waals surface area (Å²) in [6.07, 6.45) is 0.929. The average Bonchev–Trinajstić information content (AvgIpc) is 3.25. The number of aryl methyl sites for hydroxylation is 2. The van der Waals surface area contributed by atoms with Crippen molar-refractivity contribution in [2.45, 2.75) is 27.2 Å². The third kappa shape index (κ3) is 4.38. The summed E-state index contributed by atoms with van der Waals surface area (Å²) in [5.41, 5.74) is 5.39. The Morgan fingerprint density at radius 2 is 1.90 bits per heavy atom. The van der Waals surface area contributed by atoms with Gasteiger partial charge >= 0.3 is 0 Å². The van der Waals surface area contributed by atoms with E-state index in [-0.39, 0.29) is 17.7 Å². The number of thiazole rings is 1. The lowest BCUT2D eigenvalue weighted by molar-refractivity contribution is -0.117. The molecule has 0 spiro atoms. The van der Waals surface area contributed by atoms with Gasteiger partial charge in [0.2, 0.25) is 5.91 Å². The molecular formula is C23H23N3O2S. The van der Waals surface area contributed by atoms with Gasteiger partial charge < -0.3 is 5.32 Å². The van der Waals surface area contributed by atoms with Gasteiger partial charge in [0.15, 0.2) is 5.13 Å². The second-order valence-corrected chi connectivity index (χ2v) is 8.56. The van der Waals surface area contributed by atoms with Gasteiger partial charge in [-0.2, -0.15) is 0 Å². The molecule has 0 bridgehead atoms. The summed E-state index contributed by atoms with van der Waals surface area (Å²) in [7, 11) is 0. The summed E-state index contributed by atoms with van der Waals surface area (Å²) < 4.78 is 0. The number of hydrogen-bond acceptors (Lipinski definition) is 4. The highest BCUT2D eigenvalue weighted by Gasteiger charge is 2.39. The molecule has 2 amide bonds. The molecular weight excluding hydrogens is 382 g/mol. The van der Waals surface area contributed by atoms with Crippen molar-refractivity contribution >= 4 is 34.0 Å². The standard InChI is InChI=1S/C23H23N3O2S/c1-13-7-8-18(14(2)9-13)20-12-29-23(25-20)26-21(27)16-5-4-6-17(11-16)24-22(28)19-10-15(19)3/h4-9,11-12,15,19H,10H2,1-3H3,(H,24,28)(H,25,26,27). The molecule has 2 N–H and O–H groups in total. The monoisotopic (exact) mass is 405 g/mol. The molecule has 6 heteroatoms. The SMILES string of the molecule is Cc1ccc(-c2csc(NC(=O)c3cccc(NC(=O)C4CC4C)c3)n2)c(C)c1. The van der Waals surface area contributed by atoms with Gasteiger partial charge in [-0.3, -0.25) is 14.9 Å². The van der Waals surface area contributed by atoms with Crippen molar-refractivity contribution in [2.24, 2.45) is 11.8 Å². The minimum absolute atomic E-state index is 0.0214. The van der Waals surface area contributed by atoms with Gasteiger partial charge in [0, 0.05) is 28.1 Å². The number of benzene rings is 2. The molecule has 3 aromatic rings. The second-order valence-electron chi connectivity index (χ2n) is 7.70. The molecule has 1 heterocycles. The topological polar surface area (TPSA) is 71.1 Å². The van der Waals surface area contributed by atoms with Crippen molar-refractivity contribution in [2.75, 3.05) is 10.6 Å². The van der Waals surface area contributed by atoms with Gasteiger partial charge in [-0.05, 0) is 49.9 Å². The van der Waals surface area contributed by atoms with Crippen molar-refractivity contribution in [1.29, 1.82) is 0 Å². The van der Waals surface area contributed by atoms with E-state index in [2.05, 4.69) is 54.6 Å².